The molecule has 2 aromatic carbocycles. The number of hydrogen-bond acceptors (Lipinski definition) is 7. The van der Waals surface area contributed by atoms with Crippen LogP contribution in [0, 0.1) is 0 Å². The first-order valence-electron chi connectivity index (χ1n) is 9.76. The SMILES string of the molecule is COc1ccc(CNC(=O)C[C@H]2O[C@H](CNS(=O)(=O)c3ccccc3)[C@@H](O)[C@H]2O)cc1. The minimum absolute atomic E-state index is 0.0810. The van der Waals surface area contributed by atoms with Crippen molar-refractivity contribution in [2.75, 3.05) is 13.7 Å². The second-order valence-corrected chi connectivity index (χ2v) is 8.96. The van der Waals surface area contributed by atoms with Gasteiger partial charge in [0.2, 0.25) is 15.9 Å². The number of rotatable bonds is 9. The second kappa shape index (κ2) is 10.2. The first-order chi connectivity index (χ1) is 14.8. The third-order valence-electron chi connectivity index (χ3n) is 5.02. The average molecular weight is 451 g/mol. The van der Waals surface area contributed by atoms with E-state index in [4.69, 9.17) is 9.47 Å². The van der Waals surface area contributed by atoms with Crippen LogP contribution in [0.3, 0.4) is 0 Å². The van der Waals surface area contributed by atoms with E-state index in [9.17, 15) is 23.4 Å². The lowest BCUT2D eigenvalue weighted by atomic mass is 10.1. The molecule has 0 bridgehead atoms. The normalized spacial score (nSPS) is 23.5. The van der Waals surface area contributed by atoms with Crippen LogP contribution in [0.1, 0.15) is 12.0 Å². The molecule has 0 saturated carbocycles. The number of carbonyl (C=O) groups excluding carboxylic acids is 1. The highest BCUT2D eigenvalue weighted by molar-refractivity contribution is 7.89. The van der Waals surface area contributed by atoms with Crippen LogP contribution in [0.2, 0.25) is 0 Å². The first-order valence-corrected chi connectivity index (χ1v) is 11.2. The van der Waals surface area contributed by atoms with Crippen molar-refractivity contribution in [3.8, 4) is 5.75 Å². The Kier molecular flexibility index (Phi) is 7.63. The number of benzene rings is 2. The lowest BCUT2D eigenvalue weighted by Gasteiger charge is -2.15. The quantitative estimate of drug-likeness (QED) is 0.428. The molecule has 1 aliphatic heterocycles. The van der Waals surface area contributed by atoms with E-state index in [0.29, 0.717) is 5.75 Å². The molecule has 168 valence electrons. The molecule has 1 fully saturated rings. The Hall–Kier alpha value is -2.50. The molecule has 10 heteroatoms. The monoisotopic (exact) mass is 450 g/mol. The van der Waals surface area contributed by atoms with Gasteiger partial charge in [0.05, 0.1) is 24.5 Å². The number of aliphatic hydroxyl groups excluding tert-OH is 2. The van der Waals surface area contributed by atoms with Gasteiger partial charge < -0.3 is 25.0 Å². The van der Waals surface area contributed by atoms with Crippen LogP contribution in [0.4, 0.5) is 0 Å². The van der Waals surface area contributed by atoms with Crippen molar-refractivity contribution in [2.24, 2.45) is 0 Å². The van der Waals surface area contributed by atoms with E-state index in [1.54, 1.807) is 37.4 Å². The van der Waals surface area contributed by atoms with Crippen LogP contribution >= 0.6 is 0 Å². The Bertz CT molecular complexity index is 967. The van der Waals surface area contributed by atoms with Crippen molar-refractivity contribution in [1.29, 1.82) is 0 Å². The van der Waals surface area contributed by atoms with Gasteiger partial charge in [-0.3, -0.25) is 4.79 Å². The van der Waals surface area contributed by atoms with Crippen molar-refractivity contribution in [1.82, 2.24) is 10.0 Å². The van der Waals surface area contributed by atoms with Crippen molar-refractivity contribution in [3.05, 3.63) is 60.2 Å². The van der Waals surface area contributed by atoms with E-state index < -0.39 is 34.4 Å². The molecule has 4 atom stereocenters. The van der Waals surface area contributed by atoms with Gasteiger partial charge in [-0.1, -0.05) is 30.3 Å². The van der Waals surface area contributed by atoms with E-state index in [0.717, 1.165) is 5.56 Å². The number of methoxy groups -OCH3 is 1. The number of ether oxygens (including phenoxy) is 2. The summed E-state index contributed by atoms with van der Waals surface area (Å²) in [4.78, 5) is 12.3. The highest BCUT2D eigenvalue weighted by atomic mass is 32.2. The number of sulfonamides is 1. The predicted octanol–water partition coefficient (Wildman–Crippen LogP) is 0.169. The average Bonchev–Trinajstić information content (AvgIpc) is 3.05. The predicted molar refractivity (Wildman–Crippen MR) is 112 cm³/mol. The molecule has 1 aliphatic rings. The fourth-order valence-electron chi connectivity index (χ4n) is 3.24. The first kappa shape index (κ1) is 23.2. The Balaban J connectivity index is 1.49. The van der Waals surface area contributed by atoms with E-state index in [1.807, 2.05) is 12.1 Å². The van der Waals surface area contributed by atoms with Gasteiger partial charge in [0.1, 0.15) is 24.1 Å². The van der Waals surface area contributed by atoms with Crippen LogP contribution in [-0.2, 0) is 26.1 Å². The topological polar surface area (TPSA) is 134 Å². The number of hydrogen-bond donors (Lipinski definition) is 4. The largest absolute Gasteiger partial charge is 0.497 e. The van der Waals surface area contributed by atoms with Crippen molar-refractivity contribution in [2.45, 2.75) is 42.3 Å². The molecule has 3 rings (SSSR count). The highest BCUT2D eigenvalue weighted by Gasteiger charge is 2.43. The molecule has 0 unspecified atom stereocenters. The number of aliphatic hydroxyl groups is 2. The Morgan fingerprint density at radius 3 is 2.32 bits per heavy atom. The van der Waals surface area contributed by atoms with E-state index >= 15 is 0 Å². The fourth-order valence-corrected chi connectivity index (χ4v) is 4.30. The van der Waals surface area contributed by atoms with Gasteiger partial charge in [-0.2, -0.15) is 0 Å². The fraction of sp³-hybridized carbons (Fsp3) is 0.381. The molecule has 0 aliphatic carbocycles. The van der Waals surface area contributed by atoms with Gasteiger partial charge in [0, 0.05) is 13.1 Å². The summed E-state index contributed by atoms with van der Waals surface area (Å²) < 4.78 is 37.6. The molecule has 0 radical (unpaired) electrons. The van der Waals surface area contributed by atoms with Gasteiger partial charge in [-0.15, -0.1) is 0 Å². The molecule has 2 aromatic rings. The molecule has 4 N–H and O–H groups in total. The molecule has 1 heterocycles. The lowest BCUT2D eigenvalue weighted by molar-refractivity contribution is -0.125. The summed E-state index contributed by atoms with van der Waals surface area (Å²) in [5, 5.41) is 23.2. The van der Waals surface area contributed by atoms with Gasteiger partial charge in [-0.25, -0.2) is 13.1 Å². The third-order valence-corrected chi connectivity index (χ3v) is 6.46. The zero-order chi connectivity index (χ0) is 22.4. The minimum Gasteiger partial charge on any atom is -0.497 e. The van der Waals surface area contributed by atoms with Crippen LogP contribution in [0.5, 0.6) is 5.75 Å². The summed E-state index contributed by atoms with van der Waals surface area (Å²) in [5.41, 5.74) is 0.871. The van der Waals surface area contributed by atoms with E-state index in [1.165, 1.54) is 12.1 Å². The molecular formula is C21H26N2O7S. The Morgan fingerprint density at radius 2 is 1.68 bits per heavy atom. The highest BCUT2D eigenvalue weighted by Crippen LogP contribution is 2.24. The van der Waals surface area contributed by atoms with E-state index in [2.05, 4.69) is 10.0 Å². The number of amides is 1. The maximum Gasteiger partial charge on any atom is 0.240 e. The zero-order valence-corrected chi connectivity index (χ0v) is 17.8. The molecule has 0 spiro atoms. The van der Waals surface area contributed by atoms with Crippen LogP contribution in [0.25, 0.3) is 0 Å². The zero-order valence-electron chi connectivity index (χ0n) is 17.0. The van der Waals surface area contributed by atoms with Crippen molar-refractivity contribution < 1.29 is 32.9 Å². The van der Waals surface area contributed by atoms with Crippen LogP contribution < -0.4 is 14.8 Å². The van der Waals surface area contributed by atoms with Gasteiger partial charge in [0.15, 0.2) is 0 Å². The maximum atomic E-state index is 12.3. The molecular weight excluding hydrogens is 424 g/mol. The molecule has 1 amide bonds. The van der Waals surface area contributed by atoms with Crippen LogP contribution in [-0.4, -0.2) is 62.6 Å². The van der Waals surface area contributed by atoms with E-state index in [-0.39, 0.29) is 30.3 Å². The minimum atomic E-state index is -3.78. The Morgan fingerprint density at radius 1 is 1.03 bits per heavy atom. The smallest absolute Gasteiger partial charge is 0.240 e. The van der Waals surface area contributed by atoms with Crippen molar-refractivity contribution >= 4 is 15.9 Å². The summed E-state index contributed by atoms with van der Waals surface area (Å²) in [7, 11) is -2.22. The lowest BCUT2D eigenvalue weighted by Crippen LogP contribution is -2.40. The molecule has 0 aromatic heterocycles. The second-order valence-electron chi connectivity index (χ2n) is 7.19. The van der Waals surface area contributed by atoms with Crippen molar-refractivity contribution in [3.63, 3.8) is 0 Å². The number of nitrogens with one attached hydrogen (secondary N) is 2. The summed E-state index contributed by atoms with van der Waals surface area (Å²) in [5.74, 6) is 0.345. The molecule has 1 saturated heterocycles. The summed E-state index contributed by atoms with van der Waals surface area (Å²) in [6.07, 6.45) is -4.73. The van der Waals surface area contributed by atoms with Crippen LogP contribution in [0.15, 0.2) is 59.5 Å². The maximum absolute atomic E-state index is 12.3. The van der Waals surface area contributed by atoms with Gasteiger partial charge in [0.25, 0.3) is 0 Å². The third kappa shape index (κ3) is 6.02. The molecule has 31 heavy (non-hydrogen) atoms. The summed E-state index contributed by atoms with van der Waals surface area (Å²) >= 11 is 0. The number of carbonyl (C=O) groups is 1. The summed E-state index contributed by atoms with van der Waals surface area (Å²) in [6.45, 7) is 0.0495. The van der Waals surface area contributed by atoms with Gasteiger partial charge >= 0.3 is 0 Å². The standard InChI is InChI=1S/C21H26N2O7S/c1-29-15-9-7-14(8-10-15)12-22-19(24)11-17-20(25)21(26)18(30-17)13-23-31(27,28)16-5-3-2-4-6-16/h2-10,17-18,20-21,23,25-26H,11-13H2,1H3,(H,22,24)/t17-,18-,20+,21-/m1/s1. The van der Waals surface area contributed by atoms with Gasteiger partial charge in [-0.05, 0) is 29.8 Å². The molecule has 9 nitrogen and oxygen atoms in total. The summed E-state index contributed by atoms with van der Waals surface area (Å²) in [6, 6.07) is 15.0. The Labute approximate surface area is 181 Å².